The number of nitrogens with one attached hydrogen (secondary N) is 3. The van der Waals surface area contributed by atoms with Gasteiger partial charge in [-0.25, -0.2) is 15.0 Å². The van der Waals surface area contributed by atoms with Crippen molar-refractivity contribution < 1.29 is 24.5 Å². The van der Waals surface area contributed by atoms with Gasteiger partial charge in [0.05, 0.1) is 17.7 Å². The number of nitrogens with zero attached hydrogens (tertiary/aromatic N) is 5. The molecule has 2 aliphatic rings. The van der Waals surface area contributed by atoms with E-state index in [0.29, 0.717) is 34.8 Å². The third kappa shape index (κ3) is 6.27. The first-order valence-corrected chi connectivity index (χ1v) is 16.2. The summed E-state index contributed by atoms with van der Waals surface area (Å²) in [6.07, 6.45) is 1.74. The Balaban J connectivity index is 1.03. The van der Waals surface area contributed by atoms with Crippen molar-refractivity contribution in [3.05, 3.63) is 84.4 Å². The molecule has 0 aliphatic carbocycles. The number of imidazole rings is 1. The molecule has 2 amide bonds. The molecule has 0 unspecified atom stereocenters. The van der Waals surface area contributed by atoms with Gasteiger partial charge < -0.3 is 35.8 Å². The van der Waals surface area contributed by atoms with Crippen LogP contribution < -0.4 is 20.9 Å². The van der Waals surface area contributed by atoms with Crippen LogP contribution in [0.25, 0.3) is 21.9 Å². The number of amides is 2. The lowest BCUT2D eigenvalue weighted by Gasteiger charge is -2.30. The van der Waals surface area contributed by atoms with Crippen LogP contribution in [-0.4, -0.2) is 79.5 Å². The summed E-state index contributed by atoms with van der Waals surface area (Å²) in [5.41, 5.74) is 3.82. The average molecular weight is 651 g/mol. The zero-order valence-corrected chi connectivity index (χ0v) is 26.5. The van der Waals surface area contributed by atoms with Gasteiger partial charge in [-0.05, 0) is 53.8 Å². The molecular formula is C35H38N8O5. The van der Waals surface area contributed by atoms with Crippen molar-refractivity contribution in [2.45, 2.75) is 57.3 Å². The van der Waals surface area contributed by atoms with Crippen LogP contribution in [0.5, 0.6) is 0 Å². The fraction of sp³-hybridized carbons (Fsp3) is 0.343. The highest BCUT2D eigenvalue weighted by Gasteiger charge is 2.44. The number of piperidine rings is 1. The number of carbonyl (C=O) groups excluding carboxylic acids is 2. The zero-order chi connectivity index (χ0) is 33.2. The molecule has 248 valence electrons. The van der Waals surface area contributed by atoms with Gasteiger partial charge in [-0.2, -0.15) is 0 Å². The number of aliphatic hydroxyl groups excluding tert-OH is 2. The molecule has 4 atom stereocenters. The lowest BCUT2D eigenvalue weighted by molar-refractivity contribution is -0.114. The van der Waals surface area contributed by atoms with E-state index in [1.807, 2.05) is 24.3 Å². The molecule has 3 aromatic carbocycles. The number of anilines is 3. The summed E-state index contributed by atoms with van der Waals surface area (Å²) in [5.74, 6) is -0.102. The van der Waals surface area contributed by atoms with E-state index in [0.717, 1.165) is 48.0 Å². The summed E-state index contributed by atoms with van der Waals surface area (Å²) in [7, 11) is 0. The summed E-state index contributed by atoms with van der Waals surface area (Å²) in [6.45, 7) is 3.67. The number of fused-ring (bicyclic) bond motifs is 2. The maximum absolute atomic E-state index is 13.2. The number of ether oxygens (including phenoxy) is 1. The SMILES string of the molecule is CC(=O)Nc1cc(C(=O)NC[C@H]2O[C@@H](n3cnc4c(NCc5cccc6ccccc56)ncnc43)[C@H](O)[C@@H]2O)ccc1N1CCCCC1. The van der Waals surface area contributed by atoms with E-state index in [1.54, 1.807) is 16.7 Å². The summed E-state index contributed by atoms with van der Waals surface area (Å²) in [5, 5.41) is 33.2. The Morgan fingerprint density at radius 2 is 1.77 bits per heavy atom. The van der Waals surface area contributed by atoms with Crippen molar-refractivity contribution in [2.24, 2.45) is 0 Å². The Hall–Kier alpha value is -5.11. The van der Waals surface area contributed by atoms with Gasteiger partial charge in [0.15, 0.2) is 23.2 Å². The molecule has 2 saturated heterocycles. The van der Waals surface area contributed by atoms with Crippen molar-refractivity contribution in [1.82, 2.24) is 24.8 Å². The number of aliphatic hydroxyl groups is 2. The molecule has 13 nitrogen and oxygen atoms in total. The summed E-state index contributed by atoms with van der Waals surface area (Å²) >= 11 is 0. The van der Waals surface area contributed by atoms with Crippen LogP contribution in [0.4, 0.5) is 17.2 Å². The first kappa shape index (κ1) is 31.5. The molecule has 2 fully saturated rings. The number of rotatable bonds is 9. The van der Waals surface area contributed by atoms with Gasteiger partial charge in [-0.15, -0.1) is 0 Å². The van der Waals surface area contributed by atoms with E-state index < -0.39 is 30.4 Å². The van der Waals surface area contributed by atoms with Crippen molar-refractivity contribution in [2.75, 3.05) is 35.2 Å². The maximum Gasteiger partial charge on any atom is 0.251 e. The van der Waals surface area contributed by atoms with Crippen molar-refractivity contribution in [3.63, 3.8) is 0 Å². The number of carbonyl (C=O) groups is 2. The fourth-order valence-corrected chi connectivity index (χ4v) is 6.59. The minimum atomic E-state index is -1.30. The minimum Gasteiger partial charge on any atom is -0.387 e. The van der Waals surface area contributed by atoms with Gasteiger partial charge in [0, 0.05) is 38.7 Å². The van der Waals surface area contributed by atoms with Gasteiger partial charge in [0.25, 0.3) is 5.91 Å². The normalized spacial score (nSPS) is 21.0. The molecular weight excluding hydrogens is 612 g/mol. The minimum absolute atomic E-state index is 0.0592. The van der Waals surface area contributed by atoms with Gasteiger partial charge in [-0.3, -0.25) is 14.2 Å². The molecule has 0 spiro atoms. The van der Waals surface area contributed by atoms with E-state index in [-0.39, 0.29) is 12.5 Å². The molecule has 13 heteroatoms. The second-order valence-corrected chi connectivity index (χ2v) is 12.3. The van der Waals surface area contributed by atoms with Crippen LogP contribution in [0.15, 0.2) is 73.3 Å². The molecule has 7 rings (SSSR count). The number of hydrogen-bond acceptors (Lipinski definition) is 10. The van der Waals surface area contributed by atoms with Gasteiger partial charge in [-0.1, -0.05) is 42.5 Å². The van der Waals surface area contributed by atoms with Crippen LogP contribution in [0.3, 0.4) is 0 Å². The third-order valence-corrected chi connectivity index (χ3v) is 9.03. The fourth-order valence-electron chi connectivity index (χ4n) is 6.59. The van der Waals surface area contributed by atoms with E-state index in [2.05, 4.69) is 60.1 Å². The molecule has 0 radical (unpaired) electrons. The number of benzene rings is 3. The highest BCUT2D eigenvalue weighted by molar-refractivity contribution is 5.99. The topological polar surface area (TPSA) is 167 Å². The van der Waals surface area contributed by atoms with E-state index in [9.17, 15) is 19.8 Å². The predicted octanol–water partition coefficient (Wildman–Crippen LogP) is 3.59. The van der Waals surface area contributed by atoms with E-state index in [1.165, 1.54) is 26.0 Å². The quantitative estimate of drug-likeness (QED) is 0.159. The maximum atomic E-state index is 13.2. The molecule has 5 N–H and O–H groups in total. The summed E-state index contributed by atoms with van der Waals surface area (Å²) in [6, 6.07) is 19.5. The van der Waals surface area contributed by atoms with E-state index in [4.69, 9.17) is 4.74 Å². The lowest BCUT2D eigenvalue weighted by Crippen LogP contribution is -2.39. The van der Waals surface area contributed by atoms with Crippen LogP contribution >= 0.6 is 0 Å². The Bertz CT molecular complexity index is 1950. The molecule has 2 aliphatic heterocycles. The Labute approximate surface area is 277 Å². The zero-order valence-electron chi connectivity index (χ0n) is 26.5. The molecule has 5 aromatic rings. The van der Waals surface area contributed by atoms with Gasteiger partial charge >= 0.3 is 0 Å². The van der Waals surface area contributed by atoms with Crippen LogP contribution in [0.1, 0.15) is 48.3 Å². The molecule has 0 bridgehead atoms. The van der Waals surface area contributed by atoms with Crippen molar-refractivity contribution >= 4 is 50.9 Å². The van der Waals surface area contributed by atoms with Gasteiger partial charge in [0.1, 0.15) is 24.6 Å². The van der Waals surface area contributed by atoms with Crippen LogP contribution in [-0.2, 0) is 16.1 Å². The van der Waals surface area contributed by atoms with Crippen molar-refractivity contribution in [3.8, 4) is 0 Å². The predicted molar refractivity (Wildman–Crippen MR) is 182 cm³/mol. The Morgan fingerprint density at radius 1 is 0.958 bits per heavy atom. The highest BCUT2D eigenvalue weighted by Crippen LogP contribution is 2.33. The largest absolute Gasteiger partial charge is 0.387 e. The van der Waals surface area contributed by atoms with Crippen LogP contribution in [0.2, 0.25) is 0 Å². The lowest BCUT2D eigenvalue weighted by atomic mass is 10.0. The number of hydrogen-bond donors (Lipinski definition) is 5. The Kier molecular flexibility index (Phi) is 8.89. The Morgan fingerprint density at radius 3 is 2.60 bits per heavy atom. The first-order chi connectivity index (χ1) is 23.4. The third-order valence-electron chi connectivity index (χ3n) is 9.03. The standard InChI is InChI=1S/C35H38N8O5/c1-21(44)41-26-16-23(12-13-27(26)42-14-5-2-6-15-42)34(47)37-18-28-30(45)31(46)35(48-28)43-20-40-29-32(38-19-39-33(29)43)36-17-24-10-7-9-22-8-3-4-11-25(22)24/h3-4,7-13,16,19-20,28,30-31,35,45-46H,2,5-6,14-15,17-18H2,1H3,(H,37,47)(H,41,44)(H,36,38,39)/t28-,30-,31-,35-/m1/s1. The highest BCUT2D eigenvalue weighted by atomic mass is 16.6. The molecule has 48 heavy (non-hydrogen) atoms. The molecule has 4 heterocycles. The smallest absolute Gasteiger partial charge is 0.251 e. The first-order valence-electron chi connectivity index (χ1n) is 16.2. The number of aromatic nitrogens is 4. The second kappa shape index (κ2) is 13.6. The van der Waals surface area contributed by atoms with E-state index >= 15 is 0 Å². The average Bonchev–Trinajstić information content (AvgIpc) is 3.66. The van der Waals surface area contributed by atoms with Crippen LogP contribution in [0, 0.1) is 0 Å². The van der Waals surface area contributed by atoms with Gasteiger partial charge in [0.2, 0.25) is 5.91 Å². The summed E-state index contributed by atoms with van der Waals surface area (Å²) in [4.78, 5) is 40.7. The second-order valence-electron chi connectivity index (χ2n) is 12.3. The molecule has 2 aromatic heterocycles. The molecule has 0 saturated carbocycles. The summed E-state index contributed by atoms with van der Waals surface area (Å²) < 4.78 is 7.64. The monoisotopic (exact) mass is 650 g/mol. The van der Waals surface area contributed by atoms with Crippen molar-refractivity contribution in [1.29, 1.82) is 0 Å².